The summed E-state index contributed by atoms with van der Waals surface area (Å²) in [5, 5.41) is 8.69. The first kappa shape index (κ1) is 16.6. The predicted octanol–water partition coefficient (Wildman–Crippen LogP) is 0.232. The van der Waals surface area contributed by atoms with Gasteiger partial charge in [-0.2, -0.15) is 4.72 Å². The van der Waals surface area contributed by atoms with E-state index in [2.05, 4.69) is 0 Å². The van der Waals surface area contributed by atoms with Crippen LogP contribution in [0.2, 0.25) is 0 Å². The Balaban J connectivity index is 3.21. The maximum atomic E-state index is 11.9. The number of nitrogens with one attached hydrogen (secondary N) is 1. The molecule has 0 heterocycles. The van der Waals surface area contributed by atoms with Gasteiger partial charge in [0.05, 0.1) is 15.5 Å². The van der Waals surface area contributed by atoms with E-state index in [0.29, 0.717) is 0 Å². The van der Waals surface area contributed by atoms with Gasteiger partial charge < -0.3 is 5.11 Å². The molecule has 0 bridgehead atoms. The minimum absolute atomic E-state index is 0.120. The fourth-order valence-electron chi connectivity index (χ4n) is 1.35. The first-order valence-electron chi connectivity index (χ1n) is 5.68. The number of rotatable bonds is 6. The van der Waals surface area contributed by atoms with E-state index in [1.807, 2.05) is 4.72 Å². The topological polar surface area (TPSA) is 118 Å². The molecule has 20 heavy (non-hydrogen) atoms. The first-order valence-corrected chi connectivity index (χ1v) is 8.81. The van der Waals surface area contributed by atoms with E-state index in [1.54, 1.807) is 0 Å². The van der Waals surface area contributed by atoms with Crippen molar-refractivity contribution in [3.63, 3.8) is 0 Å². The standard InChI is InChI=1S/C11H15NO6S2/c1-3-19(15,16)9-5-4-6-10(7-9)20(17,18)12-8(2)11(13)14/h4-8,12H,3H2,1-2H3,(H,13,14)/t8-/m0/s1. The Kier molecular flexibility index (Phi) is 4.90. The molecule has 1 aromatic carbocycles. The SMILES string of the molecule is CCS(=O)(=O)c1cccc(S(=O)(=O)N[C@@H](C)C(=O)O)c1. The lowest BCUT2D eigenvalue weighted by Gasteiger charge is -2.11. The Hall–Kier alpha value is -1.45. The van der Waals surface area contributed by atoms with Gasteiger partial charge in [-0.05, 0) is 25.1 Å². The van der Waals surface area contributed by atoms with Gasteiger partial charge in [-0.1, -0.05) is 13.0 Å². The van der Waals surface area contributed by atoms with Gasteiger partial charge in [-0.15, -0.1) is 0 Å². The molecule has 1 atom stereocenters. The average Bonchev–Trinajstić information content (AvgIpc) is 2.38. The van der Waals surface area contributed by atoms with Crippen molar-refractivity contribution in [1.29, 1.82) is 0 Å². The van der Waals surface area contributed by atoms with Crippen LogP contribution in [0.4, 0.5) is 0 Å². The second-order valence-electron chi connectivity index (χ2n) is 4.06. The largest absolute Gasteiger partial charge is 0.480 e. The van der Waals surface area contributed by atoms with Crippen LogP contribution in [0.15, 0.2) is 34.1 Å². The van der Waals surface area contributed by atoms with Crippen molar-refractivity contribution in [2.45, 2.75) is 29.7 Å². The van der Waals surface area contributed by atoms with Gasteiger partial charge in [0.2, 0.25) is 10.0 Å². The van der Waals surface area contributed by atoms with Crippen LogP contribution in [0, 0.1) is 0 Å². The lowest BCUT2D eigenvalue weighted by molar-refractivity contribution is -0.138. The molecule has 0 saturated carbocycles. The highest BCUT2D eigenvalue weighted by Gasteiger charge is 2.23. The molecule has 112 valence electrons. The van der Waals surface area contributed by atoms with Crippen molar-refractivity contribution in [3.8, 4) is 0 Å². The number of sulfonamides is 1. The van der Waals surface area contributed by atoms with Crippen LogP contribution in [0.25, 0.3) is 0 Å². The quantitative estimate of drug-likeness (QED) is 0.774. The number of hydrogen-bond donors (Lipinski definition) is 2. The molecule has 9 heteroatoms. The fraction of sp³-hybridized carbons (Fsp3) is 0.364. The third-order valence-corrected chi connectivity index (χ3v) is 5.83. The molecule has 0 aliphatic heterocycles. The van der Waals surface area contributed by atoms with E-state index in [-0.39, 0.29) is 15.5 Å². The van der Waals surface area contributed by atoms with Crippen molar-refractivity contribution in [2.24, 2.45) is 0 Å². The van der Waals surface area contributed by atoms with Crippen LogP contribution in [0.5, 0.6) is 0 Å². The Labute approximate surface area is 117 Å². The summed E-state index contributed by atoms with van der Waals surface area (Å²) in [6, 6.07) is 3.48. The van der Waals surface area contributed by atoms with E-state index in [4.69, 9.17) is 5.11 Å². The van der Waals surface area contributed by atoms with Gasteiger partial charge in [0, 0.05) is 0 Å². The number of aliphatic carboxylic acids is 1. The highest BCUT2D eigenvalue weighted by molar-refractivity contribution is 7.91. The monoisotopic (exact) mass is 321 g/mol. The molecule has 1 rings (SSSR count). The first-order chi connectivity index (χ1) is 9.10. The van der Waals surface area contributed by atoms with Gasteiger partial charge in [0.15, 0.2) is 9.84 Å². The van der Waals surface area contributed by atoms with Crippen LogP contribution in [-0.2, 0) is 24.7 Å². The minimum Gasteiger partial charge on any atom is -0.480 e. The van der Waals surface area contributed by atoms with E-state index in [0.717, 1.165) is 6.07 Å². The third-order valence-electron chi connectivity index (χ3n) is 2.56. The zero-order valence-corrected chi connectivity index (χ0v) is 12.5. The smallest absolute Gasteiger partial charge is 0.321 e. The summed E-state index contributed by atoms with van der Waals surface area (Å²) < 4.78 is 49.2. The predicted molar refractivity (Wildman–Crippen MR) is 71.6 cm³/mol. The van der Waals surface area contributed by atoms with E-state index in [1.165, 1.54) is 32.0 Å². The minimum atomic E-state index is -4.09. The van der Waals surface area contributed by atoms with Crippen LogP contribution < -0.4 is 4.72 Å². The highest BCUT2D eigenvalue weighted by Crippen LogP contribution is 2.17. The van der Waals surface area contributed by atoms with E-state index >= 15 is 0 Å². The van der Waals surface area contributed by atoms with Crippen molar-refractivity contribution in [3.05, 3.63) is 24.3 Å². The summed E-state index contributed by atoms with van der Waals surface area (Å²) >= 11 is 0. The molecule has 1 aromatic rings. The molecular formula is C11H15NO6S2. The van der Waals surface area contributed by atoms with Crippen molar-refractivity contribution >= 4 is 25.8 Å². The highest BCUT2D eigenvalue weighted by atomic mass is 32.2. The number of carboxylic acids is 1. The molecular weight excluding hydrogens is 306 g/mol. The van der Waals surface area contributed by atoms with Crippen molar-refractivity contribution < 1.29 is 26.7 Å². The van der Waals surface area contributed by atoms with Crippen LogP contribution in [0.1, 0.15) is 13.8 Å². The van der Waals surface area contributed by atoms with Crippen LogP contribution >= 0.6 is 0 Å². The van der Waals surface area contributed by atoms with Crippen molar-refractivity contribution in [1.82, 2.24) is 4.72 Å². The molecule has 0 fully saturated rings. The van der Waals surface area contributed by atoms with Gasteiger partial charge in [-0.25, -0.2) is 16.8 Å². The van der Waals surface area contributed by atoms with Gasteiger partial charge >= 0.3 is 5.97 Å². The number of hydrogen-bond acceptors (Lipinski definition) is 5. The molecule has 0 aliphatic rings. The van der Waals surface area contributed by atoms with Gasteiger partial charge in [0.1, 0.15) is 6.04 Å². The lowest BCUT2D eigenvalue weighted by atomic mass is 10.4. The number of carboxylic acid groups (broad SMARTS) is 1. The summed E-state index contributed by atoms with van der Waals surface area (Å²) in [6.07, 6.45) is 0. The second kappa shape index (κ2) is 5.90. The zero-order valence-electron chi connectivity index (χ0n) is 10.9. The molecule has 0 amide bonds. The third kappa shape index (κ3) is 3.78. The number of benzene rings is 1. The summed E-state index contributed by atoms with van der Waals surface area (Å²) in [5.74, 6) is -1.49. The Bertz CT molecular complexity index is 708. The molecule has 2 N–H and O–H groups in total. The summed E-state index contributed by atoms with van der Waals surface area (Å²) in [5.41, 5.74) is 0. The van der Waals surface area contributed by atoms with Crippen LogP contribution in [-0.4, -0.2) is 39.7 Å². The normalized spacial score (nSPS) is 13.9. The molecule has 0 spiro atoms. The maximum absolute atomic E-state index is 11.9. The average molecular weight is 321 g/mol. The molecule has 0 radical (unpaired) electrons. The number of carbonyl (C=O) groups is 1. The van der Waals surface area contributed by atoms with Gasteiger partial charge in [0.25, 0.3) is 0 Å². The number of sulfone groups is 1. The van der Waals surface area contributed by atoms with Crippen molar-refractivity contribution in [2.75, 3.05) is 5.75 Å². The van der Waals surface area contributed by atoms with E-state index in [9.17, 15) is 21.6 Å². The van der Waals surface area contributed by atoms with Crippen LogP contribution in [0.3, 0.4) is 0 Å². The summed E-state index contributed by atoms with van der Waals surface area (Å²) in [7, 11) is -7.63. The fourth-order valence-corrected chi connectivity index (χ4v) is 3.60. The maximum Gasteiger partial charge on any atom is 0.321 e. The lowest BCUT2D eigenvalue weighted by Crippen LogP contribution is -2.38. The molecule has 0 aliphatic carbocycles. The second-order valence-corrected chi connectivity index (χ2v) is 8.05. The summed E-state index contributed by atoms with van der Waals surface area (Å²) in [4.78, 5) is 10.2. The Morgan fingerprint density at radius 1 is 1.25 bits per heavy atom. The summed E-state index contributed by atoms with van der Waals surface area (Å²) in [6.45, 7) is 2.62. The van der Waals surface area contributed by atoms with E-state index < -0.39 is 31.9 Å². The zero-order chi connectivity index (χ0) is 15.6. The molecule has 0 unspecified atom stereocenters. The molecule has 0 saturated heterocycles. The molecule has 0 aromatic heterocycles. The Morgan fingerprint density at radius 2 is 1.80 bits per heavy atom. The van der Waals surface area contributed by atoms with Gasteiger partial charge in [-0.3, -0.25) is 4.79 Å². The Morgan fingerprint density at radius 3 is 2.30 bits per heavy atom. The molecule has 7 nitrogen and oxygen atoms in total.